The number of nitrogens with zero attached hydrogens (tertiary/aromatic N) is 1. The van der Waals surface area contributed by atoms with Gasteiger partial charge in [0, 0.05) is 12.5 Å². The Bertz CT molecular complexity index is 399. The second kappa shape index (κ2) is 7.16. The first-order valence-corrected chi connectivity index (χ1v) is 6.07. The van der Waals surface area contributed by atoms with Gasteiger partial charge in [-0.2, -0.15) is 5.26 Å². The average molecular weight is 253 g/mol. The Balaban J connectivity index is 2.47. The molecule has 0 bridgehead atoms. The molecule has 0 aromatic heterocycles. The highest BCUT2D eigenvalue weighted by molar-refractivity contribution is 6.32. The number of rotatable bonds is 6. The highest BCUT2D eigenvalue weighted by Crippen LogP contribution is 2.27. The van der Waals surface area contributed by atoms with E-state index in [0.717, 1.165) is 18.4 Å². The zero-order valence-corrected chi connectivity index (χ0v) is 10.7. The molecule has 92 valence electrons. The topological polar surface area (TPSA) is 59.0 Å². The van der Waals surface area contributed by atoms with E-state index in [4.69, 9.17) is 27.3 Å². The van der Waals surface area contributed by atoms with Gasteiger partial charge in [-0.05, 0) is 37.5 Å². The van der Waals surface area contributed by atoms with Gasteiger partial charge in [0.25, 0.3) is 0 Å². The van der Waals surface area contributed by atoms with Crippen molar-refractivity contribution in [3.05, 3.63) is 28.8 Å². The fourth-order valence-electron chi connectivity index (χ4n) is 1.41. The predicted molar refractivity (Wildman–Crippen MR) is 69.0 cm³/mol. The van der Waals surface area contributed by atoms with Gasteiger partial charge in [0.2, 0.25) is 0 Å². The van der Waals surface area contributed by atoms with Crippen molar-refractivity contribution in [1.82, 2.24) is 0 Å². The maximum Gasteiger partial charge on any atom is 0.137 e. The fourth-order valence-corrected chi connectivity index (χ4v) is 1.65. The standard InChI is InChI=1S/C13H17ClN2O/c1-10(16)11-5-6-13(12(14)9-11)17-8-4-2-3-7-15/h5-6,9-10H,2-4,8,16H2,1H3/t10-/m0/s1. The summed E-state index contributed by atoms with van der Waals surface area (Å²) in [4.78, 5) is 0. The number of ether oxygens (including phenoxy) is 1. The molecule has 0 saturated heterocycles. The molecule has 4 heteroatoms. The maximum atomic E-state index is 8.39. The van der Waals surface area contributed by atoms with Gasteiger partial charge >= 0.3 is 0 Å². The molecule has 1 rings (SSSR count). The van der Waals surface area contributed by atoms with Gasteiger partial charge in [-0.1, -0.05) is 17.7 Å². The molecule has 1 aromatic rings. The lowest BCUT2D eigenvalue weighted by molar-refractivity contribution is 0.307. The summed E-state index contributed by atoms with van der Waals surface area (Å²) >= 11 is 6.08. The van der Waals surface area contributed by atoms with Crippen LogP contribution in [0.5, 0.6) is 5.75 Å². The third kappa shape index (κ3) is 4.64. The van der Waals surface area contributed by atoms with Crippen molar-refractivity contribution in [1.29, 1.82) is 5.26 Å². The molecule has 0 heterocycles. The van der Waals surface area contributed by atoms with Crippen LogP contribution in [0.4, 0.5) is 0 Å². The smallest absolute Gasteiger partial charge is 0.137 e. The predicted octanol–water partition coefficient (Wildman–Crippen LogP) is 3.43. The van der Waals surface area contributed by atoms with E-state index in [0.29, 0.717) is 23.8 Å². The number of benzene rings is 1. The second-order valence-electron chi connectivity index (χ2n) is 3.94. The Kier molecular flexibility index (Phi) is 5.82. The Labute approximate surface area is 107 Å². The summed E-state index contributed by atoms with van der Waals surface area (Å²) in [6.45, 7) is 2.49. The lowest BCUT2D eigenvalue weighted by Gasteiger charge is -2.10. The average Bonchev–Trinajstić information content (AvgIpc) is 2.30. The fraction of sp³-hybridized carbons (Fsp3) is 0.462. The van der Waals surface area contributed by atoms with Crippen LogP contribution >= 0.6 is 11.6 Å². The van der Waals surface area contributed by atoms with Gasteiger partial charge in [-0.3, -0.25) is 0 Å². The quantitative estimate of drug-likeness (QED) is 0.789. The van der Waals surface area contributed by atoms with Crippen LogP contribution in [-0.2, 0) is 0 Å². The van der Waals surface area contributed by atoms with Crippen molar-refractivity contribution < 1.29 is 4.74 Å². The summed E-state index contributed by atoms with van der Waals surface area (Å²) in [6, 6.07) is 7.66. The van der Waals surface area contributed by atoms with E-state index in [1.165, 1.54) is 0 Å². The molecule has 0 aliphatic rings. The summed E-state index contributed by atoms with van der Waals surface area (Å²) in [5, 5.41) is 8.97. The third-order valence-electron chi connectivity index (χ3n) is 2.42. The molecule has 0 aliphatic carbocycles. The monoisotopic (exact) mass is 252 g/mol. The van der Waals surface area contributed by atoms with E-state index in [1.54, 1.807) is 0 Å². The van der Waals surface area contributed by atoms with E-state index in [2.05, 4.69) is 6.07 Å². The summed E-state index contributed by atoms with van der Waals surface area (Å²) in [6.07, 6.45) is 2.28. The van der Waals surface area contributed by atoms with Crippen molar-refractivity contribution in [3.8, 4) is 11.8 Å². The SMILES string of the molecule is C[C@H](N)c1ccc(OCCCCC#N)c(Cl)c1. The van der Waals surface area contributed by atoms with Crippen LogP contribution in [0, 0.1) is 11.3 Å². The molecular weight excluding hydrogens is 236 g/mol. The van der Waals surface area contributed by atoms with Gasteiger partial charge in [0.05, 0.1) is 17.7 Å². The van der Waals surface area contributed by atoms with Crippen molar-refractivity contribution >= 4 is 11.6 Å². The molecule has 17 heavy (non-hydrogen) atoms. The van der Waals surface area contributed by atoms with Gasteiger partial charge in [0.15, 0.2) is 0 Å². The normalized spacial score (nSPS) is 11.9. The number of hydrogen-bond acceptors (Lipinski definition) is 3. The van der Waals surface area contributed by atoms with Gasteiger partial charge in [-0.15, -0.1) is 0 Å². The first kappa shape index (κ1) is 13.8. The largest absolute Gasteiger partial charge is 0.492 e. The molecule has 0 aliphatic heterocycles. The Morgan fingerprint density at radius 2 is 2.24 bits per heavy atom. The van der Waals surface area contributed by atoms with Gasteiger partial charge < -0.3 is 10.5 Å². The van der Waals surface area contributed by atoms with Crippen molar-refractivity contribution in [2.24, 2.45) is 5.73 Å². The van der Waals surface area contributed by atoms with E-state index >= 15 is 0 Å². The lowest BCUT2D eigenvalue weighted by Crippen LogP contribution is -2.05. The van der Waals surface area contributed by atoms with E-state index in [1.807, 2.05) is 25.1 Å². The number of hydrogen-bond donors (Lipinski definition) is 1. The van der Waals surface area contributed by atoms with Crippen LogP contribution in [0.2, 0.25) is 5.02 Å². The molecule has 0 radical (unpaired) electrons. The molecule has 1 aromatic carbocycles. The Morgan fingerprint density at radius 1 is 1.47 bits per heavy atom. The number of nitriles is 1. The number of nitrogens with two attached hydrogens (primary N) is 1. The first-order chi connectivity index (χ1) is 8.15. The van der Waals surface area contributed by atoms with Gasteiger partial charge in [0.1, 0.15) is 5.75 Å². The van der Waals surface area contributed by atoms with Crippen LogP contribution in [0.3, 0.4) is 0 Å². The van der Waals surface area contributed by atoms with E-state index in [9.17, 15) is 0 Å². The van der Waals surface area contributed by atoms with Crippen molar-refractivity contribution in [2.75, 3.05) is 6.61 Å². The highest BCUT2D eigenvalue weighted by atomic mass is 35.5. The highest BCUT2D eigenvalue weighted by Gasteiger charge is 2.05. The minimum absolute atomic E-state index is 0.0304. The van der Waals surface area contributed by atoms with E-state index in [-0.39, 0.29) is 6.04 Å². The third-order valence-corrected chi connectivity index (χ3v) is 2.72. The van der Waals surface area contributed by atoms with Crippen LogP contribution in [0.15, 0.2) is 18.2 Å². The van der Waals surface area contributed by atoms with Crippen LogP contribution in [0.1, 0.15) is 37.8 Å². The molecule has 0 unspecified atom stereocenters. The van der Waals surface area contributed by atoms with Crippen molar-refractivity contribution in [3.63, 3.8) is 0 Å². The second-order valence-corrected chi connectivity index (χ2v) is 4.35. The molecule has 0 amide bonds. The number of unbranched alkanes of at least 4 members (excludes halogenated alkanes) is 2. The minimum atomic E-state index is -0.0304. The molecular formula is C13H17ClN2O. The summed E-state index contributed by atoms with van der Waals surface area (Å²) in [5.41, 5.74) is 6.75. The summed E-state index contributed by atoms with van der Waals surface area (Å²) in [5.74, 6) is 0.674. The van der Waals surface area contributed by atoms with Crippen LogP contribution in [0.25, 0.3) is 0 Å². The molecule has 0 spiro atoms. The molecule has 1 atom stereocenters. The van der Waals surface area contributed by atoms with Crippen molar-refractivity contribution in [2.45, 2.75) is 32.2 Å². The maximum absolute atomic E-state index is 8.39. The summed E-state index contributed by atoms with van der Waals surface area (Å²) in [7, 11) is 0. The minimum Gasteiger partial charge on any atom is -0.492 e. The zero-order chi connectivity index (χ0) is 12.7. The Morgan fingerprint density at radius 3 is 2.82 bits per heavy atom. The zero-order valence-electron chi connectivity index (χ0n) is 9.95. The molecule has 3 nitrogen and oxygen atoms in total. The van der Waals surface area contributed by atoms with Gasteiger partial charge in [-0.25, -0.2) is 0 Å². The molecule has 2 N–H and O–H groups in total. The van der Waals surface area contributed by atoms with E-state index < -0.39 is 0 Å². The molecule has 0 saturated carbocycles. The molecule has 0 fully saturated rings. The summed E-state index contributed by atoms with van der Waals surface area (Å²) < 4.78 is 5.54. The number of halogens is 1. The van der Waals surface area contributed by atoms with Crippen LogP contribution < -0.4 is 10.5 Å². The van der Waals surface area contributed by atoms with Crippen LogP contribution in [-0.4, -0.2) is 6.61 Å². The Hall–Kier alpha value is -1.24. The lowest BCUT2D eigenvalue weighted by atomic mass is 10.1. The first-order valence-electron chi connectivity index (χ1n) is 5.70.